The second-order valence-corrected chi connectivity index (χ2v) is 7.03. The number of rotatable bonds is 6. The van der Waals surface area contributed by atoms with E-state index in [9.17, 15) is 0 Å². The van der Waals surface area contributed by atoms with Gasteiger partial charge in [-0.1, -0.05) is 56.1 Å². The van der Waals surface area contributed by atoms with Crippen LogP contribution in [0.4, 0.5) is 0 Å². The Hall–Kier alpha value is -0.800. The van der Waals surface area contributed by atoms with Crippen molar-refractivity contribution >= 4 is 31.9 Å². The Morgan fingerprint density at radius 1 is 0.950 bits per heavy atom. The molecule has 0 saturated heterocycles. The summed E-state index contributed by atoms with van der Waals surface area (Å²) in [6.45, 7) is 0. The average Bonchev–Trinajstić information content (AvgIpc) is 2.48. The van der Waals surface area contributed by atoms with Gasteiger partial charge in [0.15, 0.2) is 0 Å². The summed E-state index contributed by atoms with van der Waals surface area (Å²) in [6, 6.07) is 16.9. The summed E-state index contributed by atoms with van der Waals surface area (Å²) in [6.07, 6.45) is 3.27. The van der Waals surface area contributed by atoms with Crippen LogP contribution in [0.3, 0.4) is 0 Å². The fraction of sp³-hybridized carbons (Fsp3) is 0.294. The highest BCUT2D eigenvalue weighted by molar-refractivity contribution is 9.10. The van der Waals surface area contributed by atoms with Gasteiger partial charge in [-0.15, -0.1) is 0 Å². The Balaban J connectivity index is 1.82. The van der Waals surface area contributed by atoms with Crippen LogP contribution in [0.1, 0.15) is 17.5 Å². The van der Waals surface area contributed by atoms with Crippen LogP contribution < -0.4 is 4.74 Å². The second kappa shape index (κ2) is 7.84. The van der Waals surface area contributed by atoms with Crippen molar-refractivity contribution < 1.29 is 4.74 Å². The van der Waals surface area contributed by atoms with Crippen LogP contribution in [-0.4, -0.2) is 11.9 Å². The van der Waals surface area contributed by atoms with E-state index in [-0.39, 0.29) is 0 Å². The molecule has 0 fully saturated rings. The molecule has 2 rings (SSSR count). The molecule has 2 aromatic carbocycles. The highest BCUT2D eigenvalue weighted by Gasteiger charge is 2.06. The molecule has 20 heavy (non-hydrogen) atoms. The first-order chi connectivity index (χ1) is 9.67. The van der Waals surface area contributed by atoms with Gasteiger partial charge in [0, 0.05) is 9.30 Å². The molecular formula is C17H18Br2O. The topological polar surface area (TPSA) is 9.23 Å². The predicted octanol–water partition coefficient (Wildman–Crippen LogP) is 5.40. The number of hydrogen-bond donors (Lipinski definition) is 0. The lowest BCUT2D eigenvalue weighted by Gasteiger charge is -2.10. The average molecular weight is 398 g/mol. The van der Waals surface area contributed by atoms with Crippen LogP contribution >= 0.6 is 31.9 Å². The summed E-state index contributed by atoms with van der Waals surface area (Å²) in [7, 11) is 1.70. The molecule has 0 aliphatic heterocycles. The third-order valence-electron chi connectivity index (χ3n) is 3.28. The SMILES string of the molecule is COc1ccc(CCC(Br)Cc2ccc(Br)cc2)cc1. The van der Waals surface area contributed by atoms with E-state index in [0.29, 0.717) is 4.83 Å². The van der Waals surface area contributed by atoms with Gasteiger partial charge in [-0.25, -0.2) is 0 Å². The zero-order valence-corrected chi connectivity index (χ0v) is 14.7. The summed E-state index contributed by atoms with van der Waals surface area (Å²) < 4.78 is 6.30. The molecule has 2 aromatic rings. The van der Waals surface area contributed by atoms with E-state index in [4.69, 9.17) is 4.74 Å². The van der Waals surface area contributed by atoms with E-state index in [1.54, 1.807) is 7.11 Å². The maximum atomic E-state index is 5.17. The van der Waals surface area contributed by atoms with Gasteiger partial charge in [-0.2, -0.15) is 0 Å². The highest BCUT2D eigenvalue weighted by atomic mass is 79.9. The first kappa shape index (κ1) is 15.6. The summed E-state index contributed by atoms with van der Waals surface area (Å²) in [5.41, 5.74) is 2.72. The molecule has 0 aliphatic rings. The molecule has 3 heteroatoms. The van der Waals surface area contributed by atoms with Crippen molar-refractivity contribution in [3.8, 4) is 5.75 Å². The van der Waals surface area contributed by atoms with Gasteiger partial charge >= 0.3 is 0 Å². The van der Waals surface area contributed by atoms with Crippen molar-refractivity contribution in [1.29, 1.82) is 0 Å². The highest BCUT2D eigenvalue weighted by Crippen LogP contribution is 2.19. The minimum Gasteiger partial charge on any atom is -0.497 e. The maximum absolute atomic E-state index is 5.17. The Morgan fingerprint density at radius 3 is 2.15 bits per heavy atom. The van der Waals surface area contributed by atoms with Crippen molar-refractivity contribution in [2.45, 2.75) is 24.1 Å². The lowest BCUT2D eigenvalue weighted by molar-refractivity contribution is 0.414. The van der Waals surface area contributed by atoms with Crippen molar-refractivity contribution in [1.82, 2.24) is 0 Å². The molecule has 0 aliphatic carbocycles. The molecule has 0 bridgehead atoms. The number of halogens is 2. The minimum absolute atomic E-state index is 0.505. The standard InChI is InChI=1S/C17H18Br2O/c1-20-17-10-5-13(6-11-17)2-9-16(19)12-14-3-7-15(18)8-4-14/h3-8,10-11,16H,2,9,12H2,1H3. The lowest BCUT2D eigenvalue weighted by Crippen LogP contribution is -2.04. The normalized spacial score (nSPS) is 12.2. The predicted molar refractivity (Wildman–Crippen MR) is 91.9 cm³/mol. The van der Waals surface area contributed by atoms with Gasteiger partial charge in [0.25, 0.3) is 0 Å². The van der Waals surface area contributed by atoms with E-state index in [1.807, 2.05) is 12.1 Å². The number of methoxy groups -OCH3 is 1. The van der Waals surface area contributed by atoms with Crippen LogP contribution in [0, 0.1) is 0 Å². The van der Waals surface area contributed by atoms with Crippen molar-refractivity contribution in [3.05, 3.63) is 64.1 Å². The number of ether oxygens (including phenoxy) is 1. The molecule has 1 atom stereocenters. The van der Waals surface area contributed by atoms with Crippen LogP contribution in [0.25, 0.3) is 0 Å². The van der Waals surface area contributed by atoms with E-state index >= 15 is 0 Å². The number of benzene rings is 2. The van der Waals surface area contributed by atoms with Crippen molar-refractivity contribution in [3.63, 3.8) is 0 Å². The fourth-order valence-electron chi connectivity index (χ4n) is 2.09. The van der Waals surface area contributed by atoms with Crippen LogP contribution in [-0.2, 0) is 12.8 Å². The monoisotopic (exact) mass is 396 g/mol. The number of aryl methyl sites for hydroxylation is 1. The largest absolute Gasteiger partial charge is 0.497 e. The lowest BCUT2D eigenvalue weighted by atomic mass is 10.0. The molecule has 0 saturated carbocycles. The van der Waals surface area contributed by atoms with Crippen molar-refractivity contribution in [2.24, 2.45) is 0 Å². The molecule has 0 aromatic heterocycles. The summed E-state index contributed by atoms with van der Waals surface area (Å²) >= 11 is 7.25. The van der Waals surface area contributed by atoms with Crippen LogP contribution in [0.2, 0.25) is 0 Å². The zero-order chi connectivity index (χ0) is 14.4. The number of alkyl halides is 1. The molecule has 1 unspecified atom stereocenters. The third-order valence-corrected chi connectivity index (χ3v) is 4.59. The smallest absolute Gasteiger partial charge is 0.118 e. The fourth-order valence-corrected chi connectivity index (χ4v) is 2.96. The summed E-state index contributed by atoms with van der Waals surface area (Å²) in [4.78, 5) is 0.505. The Morgan fingerprint density at radius 2 is 1.55 bits per heavy atom. The van der Waals surface area contributed by atoms with E-state index in [0.717, 1.165) is 29.5 Å². The van der Waals surface area contributed by atoms with Gasteiger partial charge in [0.2, 0.25) is 0 Å². The molecule has 0 spiro atoms. The first-order valence-corrected chi connectivity index (χ1v) is 8.39. The first-order valence-electron chi connectivity index (χ1n) is 6.69. The molecule has 0 radical (unpaired) electrons. The molecule has 0 N–H and O–H groups in total. The molecule has 106 valence electrons. The minimum atomic E-state index is 0.505. The second-order valence-electron chi connectivity index (χ2n) is 4.81. The van der Waals surface area contributed by atoms with E-state index < -0.39 is 0 Å². The Kier molecular flexibility index (Phi) is 6.11. The van der Waals surface area contributed by atoms with E-state index in [2.05, 4.69) is 68.3 Å². The molecular weight excluding hydrogens is 380 g/mol. The van der Waals surface area contributed by atoms with Gasteiger partial charge in [-0.3, -0.25) is 0 Å². The van der Waals surface area contributed by atoms with Gasteiger partial charge in [0.05, 0.1) is 7.11 Å². The molecule has 0 heterocycles. The van der Waals surface area contributed by atoms with E-state index in [1.165, 1.54) is 11.1 Å². The number of hydrogen-bond acceptors (Lipinski definition) is 1. The quantitative estimate of drug-likeness (QED) is 0.593. The van der Waals surface area contributed by atoms with Gasteiger partial charge < -0.3 is 4.74 Å². The maximum Gasteiger partial charge on any atom is 0.118 e. The summed E-state index contributed by atoms with van der Waals surface area (Å²) in [5, 5.41) is 0. The van der Waals surface area contributed by atoms with Gasteiger partial charge in [0.1, 0.15) is 5.75 Å². The molecule has 0 amide bonds. The van der Waals surface area contributed by atoms with Crippen LogP contribution in [0.15, 0.2) is 53.0 Å². The molecule has 1 nitrogen and oxygen atoms in total. The Bertz CT molecular complexity index is 520. The van der Waals surface area contributed by atoms with Crippen LogP contribution in [0.5, 0.6) is 5.75 Å². The van der Waals surface area contributed by atoms with Gasteiger partial charge in [-0.05, 0) is 54.7 Å². The summed E-state index contributed by atoms with van der Waals surface area (Å²) in [5.74, 6) is 0.916. The van der Waals surface area contributed by atoms with Crippen molar-refractivity contribution in [2.75, 3.05) is 7.11 Å². The Labute approximate surface area is 137 Å². The third kappa shape index (κ3) is 4.95. The zero-order valence-electron chi connectivity index (χ0n) is 11.5.